The lowest BCUT2D eigenvalue weighted by atomic mass is 9.98. The summed E-state index contributed by atoms with van der Waals surface area (Å²) in [6.07, 6.45) is 2.93. The van der Waals surface area contributed by atoms with Gasteiger partial charge in [0.15, 0.2) is 0 Å². The zero-order valence-corrected chi connectivity index (χ0v) is 36.8. The topological polar surface area (TPSA) is 158 Å². The first-order valence-corrected chi connectivity index (χ1v) is 21.7. The molecule has 60 heavy (non-hydrogen) atoms. The first-order valence-electron chi connectivity index (χ1n) is 20.9. The number of amides is 4. The number of likely N-dealkylation sites (tertiary alicyclic amines) is 2. The summed E-state index contributed by atoms with van der Waals surface area (Å²) in [6.45, 7) is 15.3. The van der Waals surface area contributed by atoms with Crippen LogP contribution in [0.3, 0.4) is 0 Å². The second-order valence-corrected chi connectivity index (χ2v) is 18.5. The minimum Gasteiger partial charge on any atom is -0.453 e. The summed E-state index contributed by atoms with van der Waals surface area (Å²) in [5.74, 6) is 0.922. The van der Waals surface area contributed by atoms with E-state index in [9.17, 15) is 19.2 Å². The van der Waals surface area contributed by atoms with Crippen molar-refractivity contribution in [2.24, 2.45) is 28.7 Å². The van der Waals surface area contributed by atoms with E-state index in [0.717, 1.165) is 52.4 Å². The van der Waals surface area contributed by atoms with Gasteiger partial charge in [0.1, 0.15) is 17.9 Å². The van der Waals surface area contributed by atoms with E-state index in [1.54, 1.807) is 11.3 Å². The summed E-state index contributed by atoms with van der Waals surface area (Å²) >= 11 is 1.76. The number of methoxy groups -OCH3 is 2. The molecule has 0 saturated carbocycles. The number of imidazole rings is 1. The van der Waals surface area contributed by atoms with Crippen molar-refractivity contribution in [2.75, 3.05) is 27.3 Å². The molecule has 2 aromatic heterocycles. The molecule has 13 nitrogen and oxygen atoms in total. The number of ether oxygens (including phenoxy) is 2. The van der Waals surface area contributed by atoms with Crippen LogP contribution in [0.25, 0.3) is 32.8 Å². The van der Waals surface area contributed by atoms with E-state index in [4.69, 9.17) is 19.5 Å². The lowest BCUT2D eigenvalue weighted by Crippen LogP contribution is -2.53. The molecule has 7 rings (SSSR count). The zero-order valence-electron chi connectivity index (χ0n) is 36.0. The molecule has 4 amide bonds. The maximum Gasteiger partial charge on any atom is 0.407 e. The van der Waals surface area contributed by atoms with E-state index in [0.29, 0.717) is 25.4 Å². The van der Waals surface area contributed by atoms with Crippen LogP contribution in [0, 0.1) is 30.6 Å². The first kappa shape index (κ1) is 42.6. The van der Waals surface area contributed by atoms with Crippen LogP contribution in [0.5, 0.6) is 0 Å². The van der Waals surface area contributed by atoms with Crippen LogP contribution in [0.2, 0.25) is 0 Å². The Hall–Kier alpha value is -5.50. The molecule has 318 valence electrons. The van der Waals surface area contributed by atoms with E-state index < -0.39 is 24.3 Å². The van der Waals surface area contributed by atoms with Crippen molar-refractivity contribution in [1.82, 2.24) is 30.4 Å². The number of hydrogen-bond acceptors (Lipinski definition) is 9. The Kier molecular flexibility index (Phi) is 12.5. The third-order valence-corrected chi connectivity index (χ3v) is 13.2. The van der Waals surface area contributed by atoms with Gasteiger partial charge in [-0.1, -0.05) is 84.0 Å². The second-order valence-electron chi connectivity index (χ2n) is 17.4. The number of nitrogens with zero attached hydrogens (tertiary/aromatic N) is 4. The molecule has 0 radical (unpaired) electrons. The molecule has 0 spiro atoms. The number of aromatic amines is 1. The number of fused-ring (bicyclic) bond motifs is 1. The Morgan fingerprint density at radius 2 is 1.33 bits per heavy atom. The predicted molar refractivity (Wildman–Crippen MR) is 234 cm³/mol. The van der Waals surface area contributed by atoms with Gasteiger partial charge in [-0.25, -0.2) is 14.6 Å². The number of nitrogens with one attached hydrogen (secondary N) is 3. The fourth-order valence-electron chi connectivity index (χ4n) is 8.85. The number of aromatic nitrogens is 2. The molecule has 0 unspecified atom stereocenters. The Morgan fingerprint density at radius 1 is 0.783 bits per heavy atom. The predicted octanol–water partition coefficient (Wildman–Crippen LogP) is 8.32. The molecule has 2 saturated heterocycles. The number of alkyl carbamates (subject to hydrolysis) is 2. The molecule has 2 aromatic carbocycles. The van der Waals surface area contributed by atoms with Crippen LogP contribution in [0.15, 0.2) is 59.7 Å². The van der Waals surface area contributed by atoms with Crippen LogP contribution in [0.4, 0.5) is 15.3 Å². The molecule has 5 heterocycles. The third-order valence-electron chi connectivity index (χ3n) is 12.1. The van der Waals surface area contributed by atoms with Crippen molar-refractivity contribution in [3.63, 3.8) is 0 Å². The summed E-state index contributed by atoms with van der Waals surface area (Å²) < 4.78 is 9.59. The molecule has 6 atom stereocenters. The van der Waals surface area contributed by atoms with Crippen LogP contribution in [-0.2, 0) is 25.5 Å². The average Bonchev–Trinajstić information content (AvgIpc) is 4.07. The van der Waals surface area contributed by atoms with Crippen molar-refractivity contribution < 1.29 is 28.7 Å². The zero-order chi connectivity index (χ0) is 43.0. The summed E-state index contributed by atoms with van der Waals surface area (Å²) in [5, 5.41) is 5.46. The van der Waals surface area contributed by atoms with Crippen LogP contribution >= 0.6 is 11.3 Å². The number of H-pyrrole nitrogens is 1. The van der Waals surface area contributed by atoms with Crippen LogP contribution in [0.1, 0.15) is 76.7 Å². The summed E-state index contributed by atoms with van der Waals surface area (Å²) in [4.78, 5) is 71.0. The number of carbonyl (C=O) groups excluding carboxylic acids is 4. The van der Waals surface area contributed by atoms with Gasteiger partial charge in [-0.3, -0.25) is 14.6 Å². The maximum absolute atomic E-state index is 13.8. The number of aryl methyl sites for hydroxylation is 1. The molecule has 0 aliphatic carbocycles. The monoisotopic (exact) mass is 835 g/mol. The van der Waals surface area contributed by atoms with Crippen molar-refractivity contribution in [1.29, 1.82) is 0 Å². The fraction of sp³-hybridized carbons (Fsp3) is 0.478. The quantitative estimate of drug-likeness (QED) is 0.137. The van der Waals surface area contributed by atoms with E-state index in [-0.39, 0.29) is 41.7 Å². The number of hydrogen-bond donors (Lipinski definition) is 3. The second kappa shape index (κ2) is 17.6. The highest BCUT2D eigenvalue weighted by Crippen LogP contribution is 2.44. The van der Waals surface area contributed by atoms with Gasteiger partial charge in [0.2, 0.25) is 11.8 Å². The van der Waals surface area contributed by atoms with E-state index in [2.05, 4.69) is 84.9 Å². The van der Waals surface area contributed by atoms with Crippen molar-refractivity contribution in [3.8, 4) is 32.8 Å². The Balaban J connectivity index is 1.03. The van der Waals surface area contributed by atoms with Crippen LogP contribution in [-0.4, -0.2) is 94.9 Å². The first-order chi connectivity index (χ1) is 28.6. The van der Waals surface area contributed by atoms with Gasteiger partial charge in [-0.05, 0) is 77.3 Å². The number of benzene rings is 2. The van der Waals surface area contributed by atoms with E-state index in [1.165, 1.54) is 35.1 Å². The van der Waals surface area contributed by atoms with Gasteiger partial charge in [0.05, 0.1) is 43.9 Å². The maximum atomic E-state index is 13.8. The van der Waals surface area contributed by atoms with Gasteiger partial charge in [0, 0.05) is 35.0 Å². The summed E-state index contributed by atoms with van der Waals surface area (Å²) in [5.41, 5.74) is 8.41. The lowest BCUT2D eigenvalue weighted by Gasteiger charge is -2.31. The molecule has 3 aliphatic rings. The average molecular weight is 836 g/mol. The minimum absolute atomic E-state index is 0.0879. The third kappa shape index (κ3) is 8.70. The van der Waals surface area contributed by atoms with Crippen molar-refractivity contribution >= 4 is 46.7 Å². The molecule has 3 aliphatic heterocycles. The SMILES string of the molecule is COC(=O)N[C@H](C(=O)N1C[C@@H](C)C[C@@H]1C1=Nc2cc(-c3ccc(-c4ccc(-c5cnc([C@@H]6C[C@H](C)CN6C(=O)[C@@H](NC(=O)OC)C(C)C)[nH]5)cc4)cc3C)sc2C1)C(C)C. The molecular weight excluding hydrogens is 779 g/mol. The van der Waals surface area contributed by atoms with Gasteiger partial charge in [0.25, 0.3) is 0 Å². The summed E-state index contributed by atoms with van der Waals surface area (Å²) in [6, 6.07) is 15.5. The molecule has 4 aromatic rings. The number of aliphatic imine (C=N–C) groups is 1. The Bertz CT molecular complexity index is 2280. The smallest absolute Gasteiger partial charge is 0.407 e. The molecule has 14 heteroatoms. The van der Waals surface area contributed by atoms with Crippen molar-refractivity contribution in [3.05, 3.63) is 71.0 Å². The molecular formula is C46H57N7O6S. The highest BCUT2D eigenvalue weighted by molar-refractivity contribution is 7.16. The van der Waals surface area contributed by atoms with Gasteiger partial charge >= 0.3 is 12.2 Å². The normalized spacial score (nSPS) is 20.9. The molecule has 3 N–H and O–H groups in total. The van der Waals surface area contributed by atoms with Gasteiger partial charge in [-0.2, -0.15) is 0 Å². The molecule has 2 fully saturated rings. The minimum atomic E-state index is -0.695. The standard InChI is InChI=1S/C46H57N7O6S/c1-24(2)40(50-45(56)58-8)43(54)52-22-26(5)16-36(52)33-19-39-34(48-33)20-38(60-39)32-15-14-31(18-28(32)7)29-10-12-30(13-11-29)35-21-47-42(49-35)37-17-27(6)23-53(37)44(55)41(25(3)4)51-46(57)59-9/h10-15,18,20-21,24-27,36-37,40-41H,16-17,19,22-23H2,1-9H3,(H,47,49)(H,50,56)(H,51,57)/t26-,27-,36+,37-,40-,41-/m0/s1. The number of carbonyl (C=O) groups is 4. The van der Waals surface area contributed by atoms with Crippen LogP contribution < -0.4 is 10.6 Å². The summed E-state index contributed by atoms with van der Waals surface area (Å²) in [7, 11) is 2.60. The van der Waals surface area contributed by atoms with E-state index >= 15 is 0 Å². The highest BCUT2D eigenvalue weighted by Gasteiger charge is 2.42. The Labute approximate surface area is 356 Å². The largest absolute Gasteiger partial charge is 0.453 e. The highest BCUT2D eigenvalue weighted by atomic mass is 32.1. The van der Waals surface area contributed by atoms with Crippen molar-refractivity contribution in [2.45, 2.75) is 91.9 Å². The lowest BCUT2D eigenvalue weighted by molar-refractivity contribution is -0.136. The van der Waals surface area contributed by atoms with Gasteiger partial charge < -0.3 is 34.9 Å². The molecule has 0 bridgehead atoms. The Morgan fingerprint density at radius 3 is 1.88 bits per heavy atom. The number of thiophene rings is 1. The van der Waals surface area contributed by atoms with E-state index in [1.807, 2.05) is 43.7 Å². The van der Waals surface area contributed by atoms with Gasteiger partial charge in [-0.15, -0.1) is 11.3 Å². The fourth-order valence-corrected chi connectivity index (χ4v) is 10.1. The number of rotatable bonds is 11.